The maximum Gasteiger partial charge on any atom is 0.328 e. The Morgan fingerprint density at radius 2 is 2.00 bits per heavy atom. The highest BCUT2D eigenvalue weighted by atomic mass is 28.3. The molecular formula is C9H19NO2Si. The number of rotatable bonds is 5. The summed E-state index contributed by atoms with van der Waals surface area (Å²) in [5.74, 6) is -0.869. The highest BCUT2D eigenvalue weighted by Crippen LogP contribution is 2.07. The van der Waals surface area contributed by atoms with Crippen LogP contribution in [0.25, 0.3) is 0 Å². The molecule has 4 heteroatoms. The van der Waals surface area contributed by atoms with Crippen LogP contribution in [0.5, 0.6) is 0 Å². The first kappa shape index (κ1) is 12.4. The number of nitrogens with zero attached hydrogens (tertiary/aromatic N) is 1. The third kappa shape index (κ3) is 5.60. The Kier molecular flexibility index (Phi) is 4.94. The van der Waals surface area contributed by atoms with E-state index in [1.165, 1.54) is 6.08 Å². The summed E-state index contributed by atoms with van der Waals surface area (Å²) in [5, 5.41) is 8.41. The van der Waals surface area contributed by atoms with Crippen molar-refractivity contribution >= 4 is 14.2 Å². The molecule has 0 aliphatic rings. The van der Waals surface area contributed by atoms with Crippen LogP contribution in [0.4, 0.5) is 0 Å². The van der Waals surface area contributed by atoms with E-state index in [2.05, 4.69) is 31.1 Å². The summed E-state index contributed by atoms with van der Waals surface area (Å²) in [6.07, 6.45) is 2.92. The molecule has 0 aliphatic carbocycles. The minimum atomic E-state index is -1.27. The SMILES string of the molecule is CCN(CC=CC(=O)O)[Si](C)(C)C. The standard InChI is InChI=1S/C9H19NO2Si/c1-5-10(13(2,3)4)8-6-7-9(11)12/h6-7H,5,8H2,1-4H3,(H,11,12). The smallest absolute Gasteiger partial charge is 0.328 e. The monoisotopic (exact) mass is 201 g/mol. The van der Waals surface area contributed by atoms with E-state index in [9.17, 15) is 4.79 Å². The third-order valence-electron chi connectivity index (χ3n) is 1.92. The molecule has 0 aromatic rings. The summed E-state index contributed by atoms with van der Waals surface area (Å²) in [7, 11) is -1.27. The Morgan fingerprint density at radius 1 is 1.46 bits per heavy atom. The van der Waals surface area contributed by atoms with E-state index in [1.54, 1.807) is 6.08 Å². The zero-order valence-electron chi connectivity index (χ0n) is 8.87. The van der Waals surface area contributed by atoms with Gasteiger partial charge < -0.3 is 9.67 Å². The van der Waals surface area contributed by atoms with Gasteiger partial charge >= 0.3 is 5.97 Å². The molecule has 0 saturated carbocycles. The van der Waals surface area contributed by atoms with Crippen molar-refractivity contribution in [2.24, 2.45) is 0 Å². The maximum atomic E-state index is 10.2. The Morgan fingerprint density at radius 3 is 2.31 bits per heavy atom. The molecule has 0 rings (SSSR count). The molecule has 0 aromatic heterocycles. The van der Waals surface area contributed by atoms with Crippen molar-refractivity contribution in [3.63, 3.8) is 0 Å². The van der Waals surface area contributed by atoms with Crippen LogP contribution in [-0.2, 0) is 4.79 Å². The number of carboxylic acid groups (broad SMARTS) is 1. The second kappa shape index (κ2) is 5.19. The zero-order valence-corrected chi connectivity index (χ0v) is 9.87. The normalized spacial score (nSPS) is 12.7. The number of aliphatic carboxylic acids is 1. The number of carbonyl (C=O) groups is 1. The van der Waals surface area contributed by atoms with E-state index >= 15 is 0 Å². The van der Waals surface area contributed by atoms with Gasteiger partial charge in [-0.3, -0.25) is 0 Å². The van der Waals surface area contributed by atoms with E-state index in [1.807, 2.05) is 0 Å². The molecule has 3 nitrogen and oxygen atoms in total. The maximum absolute atomic E-state index is 10.2. The number of carboxylic acids is 1. The average Bonchev–Trinajstić information content (AvgIpc) is 1.95. The first-order valence-electron chi connectivity index (χ1n) is 4.52. The van der Waals surface area contributed by atoms with Crippen molar-refractivity contribution in [1.82, 2.24) is 4.57 Å². The van der Waals surface area contributed by atoms with Crippen molar-refractivity contribution in [2.45, 2.75) is 26.6 Å². The minimum Gasteiger partial charge on any atom is -0.478 e. The lowest BCUT2D eigenvalue weighted by Crippen LogP contribution is -2.45. The van der Waals surface area contributed by atoms with Crippen molar-refractivity contribution in [2.75, 3.05) is 13.1 Å². The second-order valence-electron chi connectivity index (χ2n) is 3.95. The molecule has 0 amide bonds. The summed E-state index contributed by atoms with van der Waals surface area (Å²) in [6.45, 7) is 10.6. The second-order valence-corrected chi connectivity index (χ2v) is 8.92. The van der Waals surface area contributed by atoms with Gasteiger partial charge in [-0.15, -0.1) is 0 Å². The number of hydrogen-bond donors (Lipinski definition) is 1. The van der Waals surface area contributed by atoms with Crippen LogP contribution in [-0.4, -0.2) is 37.0 Å². The summed E-state index contributed by atoms with van der Waals surface area (Å²) < 4.78 is 2.34. The van der Waals surface area contributed by atoms with Crippen LogP contribution in [0.1, 0.15) is 6.92 Å². The first-order valence-corrected chi connectivity index (χ1v) is 7.97. The molecule has 0 saturated heterocycles. The van der Waals surface area contributed by atoms with Crippen LogP contribution >= 0.6 is 0 Å². The van der Waals surface area contributed by atoms with Crippen molar-refractivity contribution in [1.29, 1.82) is 0 Å². The van der Waals surface area contributed by atoms with E-state index in [0.29, 0.717) is 0 Å². The van der Waals surface area contributed by atoms with Crippen LogP contribution in [0.15, 0.2) is 12.2 Å². The molecule has 13 heavy (non-hydrogen) atoms. The fourth-order valence-corrected chi connectivity index (χ4v) is 2.76. The molecule has 0 aliphatic heterocycles. The van der Waals surface area contributed by atoms with E-state index in [4.69, 9.17) is 5.11 Å². The van der Waals surface area contributed by atoms with E-state index < -0.39 is 14.2 Å². The van der Waals surface area contributed by atoms with E-state index in [0.717, 1.165) is 13.1 Å². The highest BCUT2D eigenvalue weighted by molar-refractivity contribution is 6.73. The zero-order chi connectivity index (χ0) is 10.5. The summed E-state index contributed by atoms with van der Waals surface area (Å²) in [5.41, 5.74) is 0. The highest BCUT2D eigenvalue weighted by Gasteiger charge is 2.20. The van der Waals surface area contributed by atoms with Gasteiger partial charge in [0, 0.05) is 12.6 Å². The van der Waals surface area contributed by atoms with Crippen molar-refractivity contribution in [3.8, 4) is 0 Å². The predicted molar refractivity (Wildman–Crippen MR) is 57.4 cm³/mol. The molecule has 0 spiro atoms. The summed E-state index contributed by atoms with van der Waals surface area (Å²) >= 11 is 0. The molecule has 0 aromatic carbocycles. The van der Waals surface area contributed by atoms with Gasteiger partial charge in [0.1, 0.15) is 8.24 Å². The Hall–Kier alpha value is -0.613. The van der Waals surface area contributed by atoms with Gasteiger partial charge in [0.2, 0.25) is 0 Å². The fourth-order valence-electron chi connectivity index (χ4n) is 1.16. The molecule has 0 atom stereocenters. The minimum absolute atomic E-state index is 0.749. The van der Waals surface area contributed by atoms with Gasteiger partial charge in [-0.05, 0) is 6.54 Å². The molecule has 0 heterocycles. The largest absolute Gasteiger partial charge is 0.478 e. The fraction of sp³-hybridized carbons (Fsp3) is 0.667. The van der Waals surface area contributed by atoms with Crippen molar-refractivity contribution < 1.29 is 9.90 Å². The Labute approximate surface area is 81.1 Å². The molecule has 0 fully saturated rings. The lowest BCUT2D eigenvalue weighted by Gasteiger charge is -2.31. The van der Waals surface area contributed by atoms with Gasteiger partial charge in [0.05, 0.1) is 0 Å². The molecular weight excluding hydrogens is 182 g/mol. The van der Waals surface area contributed by atoms with Gasteiger partial charge in [-0.2, -0.15) is 0 Å². The van der Waals surface area contributed by atoms with Crippen LogP contribution in [0, 0.1) is 0 Å². The van der Waals surface area contributed by atoms with Crippen LogP contribution < -0.4 is 0 Å². The van der Waals surface area contributed by atoms with Crippen LogP contribution in [0.3, 0.4) is 0 Å². The number of likely N-dealkylation sites (N-methyl/N-ethyl adjacent to an activating group) is 1. The van der Waals surface area contributed by atoms with Gasteiger partial charge in [0.25, 0.3) is 0 Å². The topological polar surface area (TPSA) is 40.5 Å². The molecule has 0 bridgehead atoms. The van der Waals surface area contributed by atoms with Crippen LogP contribution in [0.2, 0.25) is 19.6 Å². The number of hydrogen-bond acceptors (Lipinski definition) is 2. The predicted octanol–water partition coefficient (Wildman–Crippen LogP) is 1.78. The third-order valence-corrected chi connectivity index (χ3v) is 4.31. The molecule has 0 radical (unpaired) electrons. The van der Waals surface area contributed by atoms with Gasteiger partial charge in [-0.1, -0.05) is 32.6 Å². The molecule has 1 N–H and O–H groups in total. The van der Waals surface area contributed by atoms with Gasteiger partial charge in [0.15, 0.2) is 0 Å². The molecule has 76 valence electrons. The lowest BCUT2D eigenvalue weighted by molar-refractivity contribution is -0.131. The quantitative estimate of drug-likeness (QED) is 0.544. The Bertz CT molecular complexity index is 196. The lowest BCUT2D eigenvalue weighted by atomic mass is 10.5. The van der Waals surface area contributed by atoms with E-state index in [-0.39, 0.29) is 0 Å². The average molecular weight is 201 g/mol. The van der Waals surface area contributed by atoms with Crippen molar-refractivity contribution in [3.05, 3.63) is 12.2 Å². The Balaban J connectivity index is 4.08. The summed E-state index contributed by atoms with van der Waals surface area (Å²) in [6, 6.07) is 0. The first-order chi connectivity index (χ1) is 5.88. The molecule has 0 unspecified atom stereocenters. The van der Waals surface area contributed by atoms with Gasteiger partial charge in [-0.25, -0.2) is 4.79 Å². The summed E-state index contributed by atoms with van der Waals surface area (Å²) in [4.78, 5) is 10.2.